The summed E-state index contributed by atoms with van der Waals surface area (Å²) < 4.78 is 51.9. The molecule has 0 saturated heterocycles. The van der Waals surface area contributed by atoms with Crippen LogP contribution in [0.25, 0.3) is 0 Å². The average molecular weight is 435 g/mol. The molecule has 0 radical (unpaired) electrons. The maximum absolute atomic E-state index is 14.5. The Labute approximate surface area is 164 Å². The van der Waals surface area contributed by atoms with Crippen molar-refractivity contribution in [2.75, 3.05) is 0 Å². The molecule has 2 aliphatic rings. The van der Waals surface area contributed by atoms with E-state index in [4.69, 9.17) is 5.11 Å². The quantitative estimate of drug-likeness (QED) is 0.556. The Balaban J connectivity index is 1.99. The minimum Gasteiger partial charge on any atom is -0.481 e. The summed E-state index contributed by atoms with van der Waals surface area (Å²) in [5.41, 5.74) is -4.36. The number of carboxylic acid groups (broad SMARTS) is 1. The molecule has 0 spiro atoms. The number of carboxylic acids is 1. The van der Waals surface area contributed by atoms with Gasteiger partial charge in [-0.25, -0.2) is 4.39 Å². The lowest BCUT2D eigenvalue weighted by Crippen LogP contribution is -2.38. The van der Waals surface area contributed by atoms with Crippen molar-refractivity contribution >= 4 is 40.8 Å². The zero-order valence-electron chi connectivity index (χ0n) is 14.3. The second-order valence-corrected chi connectivity index (χ2v) is 8.63. The van der Waals surface area contributed by atoms with Crippen molar-refractivity contribution < 1.29 is 37.1 Å². The number of allylic oxidation sites excluding steroid dienone is 2. The molecule has 1 unspecified atom stereocenters. The van der Waals surface area contributed by atoms with E-state index in [0.717, 1.165) is 0 Å². The van der Waals surface area contributed by atoms with E-state index in [1.54, 1.807) is 0 Å². The highest BCUT2D eigenvalue weighted by molar-refractivity contribution is 8.02. The van der Waals surface area contributed by atoms with Crippen LogP contribution in [0.15, 0.2) is 39.0 Å². The van der Waals surface area contributed by atoms with Gasteiger partial charge in [-0.1, -0.05) is 0 Å². The fraction of sp³-hybridized carbons (Fsp3) is 0.353. The second kappa shape index (κ2) is 7.36. The number of carbonyl (C=O) groups is 3. The summed E-state index contributed by atoms with van der Waals surface area (Å²) in [6.45, 7) is 1.44. The van der Waals surface area contributed by atoms with Gasteiger partial charge in [0.05, 0.1) is 21.5 Å². The topological polar surface area (TPSA) is 74.7 Å². The summed E-state index contributed by atoms with van der Waals surface area (Å²) in [5.74, 6) is -3.71. The maximum atomic E-state index is 14.5. The van der Waals surface area contributed by atoms with E-state index >= 15 is 0 Å². The van der Waals surface area contributed by atoms with Gasteiger partial charge in [0.2, 0.25) is 0 Å². The molecule has 5 nitrogen and oxygen atoms in total. The largest absolute Gasteiger partial charge is 0.481 e. The fourth-order valence-electron chi connectivity index (χ4n) is 3.38. The lowest BCUT2D eigenvalue weighted by molar-refractivity contribution is -0.136. The van der Waals surface area contributed by atoms with Crippen molar-refractivity contribution in [3.63, 3.8) is 0 Å². The summed E-state index contributed by atoms with van der Waals surface area (Å²) >= 11 is 0.307. The molecule has 1 aromatic rings. The Bertz CT molecular complexity index is 932. The second-order valence-electron chi connectivity index (χ2n) is 6.18. The van der Waals surface area contributed by atoms with Crippen LogP contribution in [0.5, 0.6) is 0 Å². The third kappa shape index (κ3) is 3.86. The SMILES string of the molecule is CC1=C(CC(=O)O)C2=C(F)C(=O)CCC2N1C(=O)c1ccc(SC(F)(F)F)s1. The highest BCUT2D eigenvalue weighted by Gasteiger charge is 2.44. The molecule has 1 atom stereocenters. The van der Waals surface area contributed by atoms with Crippen LogP contribution in [0.2, 0.25) is 0 Å². The Morgan fingerprint density at radius 3 is 2.64 bits per heavy atom. The number of ketones is 1. The Hall–Kier alpha value is -2.14. The number of nitrogens with zero attached hydrogens (tertiary/aromatic N) is 1. The van der Waals surface area contributed by atoms with E-state index in [2.05, 4.69) is 0 Å². The third-order valence-electron chi connectivity index (χ3n) is 4.45. The van der Waals surface area contributed by atoms with Crippen LogP contribution in [0, 0.1) is 0 Å². The van der Waals surface area contributed by atoms with Gasteiger partial charge in [0, 0.05) is 17.7 Å². The van der Waals surface area contributed by atoms with Crippen molar-refractivity contribution in [1.82, 2.24) is 4.90 Å². The summed E-state index contributed by atoms with van der Waals surface area (Å²) in [7, 11) is 0. The number of halogens is 4. The highest BCUT2D eigenvalue weighted by atomic mass is 32.2. The van der Waals surface area contributed by atoms with Crippen molar-refractivity contribution in [3.8, 4) is 0 Å². The molecule has 1 amide bonds. The summed E-state index contributed by atoms with van der Waals surface area (Å²) in [6.07, 6.45) is -0.595. The molecular formula is C17H13F4NO4S2. The molecule has 1 N–H and O–H groups in total. The number of aliphatic carboxylic acids is 1. The Kier molecular flexibility index (Phi) is 5.41. The van der Waals surface area contributed by atoms with Crippen molar-refractivity contribution in [2.45, 2.75) is 41.9 Å². The number of thiophene rings is 1. The van der Waals surface area contributed by atoms with Crippen molar-refractivity contribution in [2.24, 2.45) is 0 Å². The fourth-order valence-corrected chi connectivity index (χ4v) is 5.13. The molecule has 3 rings (SSSR count). The van der Waals surface area contributed by atoms with Gasteiger partial charge in [-0.05, 0) is 42.8 Å². The minimum absolute atomic E-state index is 0.0133. The number of Topliss-reactive ketones (excluding diaryl/α,β-unsaturated/α-hetero) is 1. The number of carbonyl (C=O) groups excluding carboxylic acids is 2. The number of alkyl halides is 3. The normalized spacial score (nSPS) is 20.1. The van der Waals surface area contributed by atoms with Gasteiger partial charge in [-0.15, -0.1) is 11.3 Å². The molecule has 2 heterocycles. The Morgan fingerprint density at radius 2 is 2.04 bits per heavy atom. The molecule has 28 heavy (non-hydrogen) atoms. The van der Waals surface area contributed by atoms with Crippen LogP contribution in [0.3, 0.4) is 0 Å². The lowest BCUT2D eigenvalue weighted by atomic mass is 9.88. The van der Waals surface area contributed by atoms with E-state index in [9.17, 15) is 31.9 Å². The van der Waals surface area contributed by atoms with Crippen LogP contribution >= 0.6 is 23.1 Å². The number of hydrogen-bond acceptors (Lipinski definition) is 5. The van der Waals surface area contributed by atoms with E-state index in [1.165, 1.54) is 24.0 Å². The molecule has 0 aromatic carbocycles. The molecule has 11 heteroatoms. The molecule has 0 fully saturated rings. The predicted molar refractivity (Wildman–Crippen MR) is 93.5 cm³/mol. The van der Waals surface area contributed by atoms with Gasteiger partial charge in [0.25, 0.3) is 5.91 Å². The monoisotopic (exact) mass is 435 g/mol. The first-order valence-corrected chi connectivity index (χ1v) is 9.67. The number of thioether (sulfide) groups is 1. The zero-order valence-corrected chi connectivity index (χ0v) is 15.9. The van der Waals surface area contributed by atoms with Crippen molar-refractivity contribution in [3.05, 3.63) is 39.7 Å². The Morgan fingerprint density at radius 1 is 1.36 bits per heavy atom. The van der Waals surface area contributed by atoms with Gasteiger partial charge in [0.15, 0.2) is 11.6 Å². The van der Waals surface area contributed by atoms with E-state index in [1.807, 2.05) is 0 Å². The van der Waals surface area contributed by atoms with Crippen LogP contribution in [0.1, 0.15) is 35.9 Å². The standard InChI is InChI=1S/C17H13F4NO4S2/c1-7-8(6-12(24)25)14-9(2-3-10(23)15(14)18)22(7)16(26)11-4-5-13(27-11)28-17(19,20)21/h4-5,9H,2-3,6H2,1H3,(H,24,25). The zero-order chi connectivity index (χ0) is 20.8. The maximum Gasteiger partial charge on any atom is 0.447 e. The molecule has 1 aliphatic carbocycles. The lowest BCUT2D eigenvalue weighted by Gasteiger charge is -2.29. The summed E-state index contributed by atoms with van der Waals surface area (Å²) in [4.78, 5) is 37.1. The van der Waals surface area contributed by atoms with Gasteiger partial charge < -0.3 is 10.0 Å². The molecular weight excluding hydrogens is 422 g/mol. The number of fused-ring (bicyclic) bond motifs is 1. The first-order valence-electron chi connectivity index (χ1n) is 8.03. The van der Waals surface area contributed by atoms with E-state index in [-0.39, 0.29) is 50.5 Å². The van der Waals surface area contributed by atoms with E-state index < -0.39 is 41.5 Å². The van der Waals surface area contributed by atoms with Crippen LogP contribution in [0.4, 0.5) is 17.6 Å². The van der Waals surface area contributed by atoms with Gasteiger partial charge >= 0.3 is 11.5 Å². The third-order valence-corrected chi connectivity index (χ3v) is 6.39. The smallest absolute Gasteiger partial charge is 0.447 e. The van der Waals surface area contributed by atoms with Gasteiger partial charge in [0.1, 0.15) is 0 Å². The molecule has 0 saturated carbocycles. The van der Waals surface area contributed by atoms with Crippen LogP contribution < -0.4 is 0 Å². The number of amides is 1. The first-order chi connectivity index (χ1) is 13.0. The van der Waals surface area contributed by atoms with E-state index in [0.29, 0.717) is 11.3 Å². The highest BCUT2D eigenvalue weighted by Crippen LogP contribution is 2.45. The first kappa shape index (κ1) is 20.6. The van der Waals surface area contributed by atoms with Crippen molar-refractivity contribution in [1.29, 1.82) is 0 Å². The number of hydrogen-bond donors (Lipinski definition) is 1. The van der Waals surface area contributed by atoms with Crippen LogP contribution in [-0.2, 0) is 9.59 Å². The average Bonchev–Trinajstić information content (AvgIpc) is 3.12. The molecule has 1 aliphatic heterocycles. The van der Waals surface area contributed by atoms with Gasteiger partial charge in [-0.3, -0.25) is 14.4 Å². The van der Waals surface area contributed by atoms with Gasteiger partial charge in [-0.2, -0.15) is 13.2 Å². The summed E-state index contributed by atoms with van der Waals surface area (Å²) in [5, 5.41) is 9.11. The summed E-state index contributed by atoms with van der Waals surface area (Å²) in [6, 6.07) is 1.57. The molecule has 150 valence electrons. The predicted octanol–water partition coefficient (Wildman–Crippen LogP) is 4.52. The molecule has 0 bridgehead atoms. The number of rotatable bonds is 4. The minimum atomic E-state index is -4.49. The van der Waals surface area contributed by atoms with Crippen LogP contribution in [-0.4, -0.2) is 39.2 Å². The molecule has 1 aromatic heterocycles.